The second-order valence-electron chi connectivity index (χ2n) is 7.01. The summed E-state index contributed by atoms with van der Waals surface area (Å²) in [6.07, 6.45) is 7.54. The monoisotopic (exact) mass is 358 g/mol. The Bertz CT molecular complexity index is 828. The highest BCUT2D eigenvalue weighted by Crippen LogP contribution is 2.36. The molecule has 25 heavy (non-hydrogen) atoms. The molecule has 2 heterocycles. The average molecular weight is 358 g/mol. The molecule has 2 aliphatic rings. The van der Waals surface area contributed by atoms with Gasteiger partial charge in [0.2, 0.25) is 5.95 Å². The van der Waals surface area contributed by atoms with Crippen LogP contribution in [0.4, 0.5) is 5.95 Å². The molecule has 2 aromatic rings. The molecule has 1 saturated carbocycles. The van der Waals surface area contributed by atoms with Crippen molar-refractivity contribution in [1.82, 2.24) is 15.3 Å². The van der Waals surface area contributed by atoms with Gasteiger partial charge in [-0.15, -0.1) is 11.3 Å². The van der Waals surface area contributed by atoms with Gasteiger partial charge in [0.1, 0.15) is 0 Å². The summed E-state index contributed by atoms with van der Waals surface area (Å²) in [5.74, 6) is 0.366. The van der Waals surface area contributed by atoms with Crippen molar-refractivity contribution in [3.8, 4) is 0 Å². The van der Waals surface area contributed by atoms with Crippen LogP contribution in [0, 0.1) is 0 Å². The molecule has 0 unspecified atom stereocenters. The highest BCUT2D eigenvalue weighted by molar-refractivity contribution is 7.14. The van der Waals surface area contributed by atoms with Gasteiger partial charge in [-0.05, 0) is 50.2 Å². The van der Waals surface area contributed by atoms with E-state index in [1.165, 1.54) is 35.8 Å². The van der Waals surface area contributed by atoms with Crippen LogP contribution in [0.25, 0.3) is 0 Å². The van der Waals surface area contributed by atoms with Crippen LogP contribution < -0.4 is 16.6 Å². The summed E-state index contributed by atoms with van der Waals surface area (Å²) in [7, 11) is 0. The molecule has 0 aromatic carbocycles. The standard InChI is InChI=1S/C18H22N4O2S/c19-18-21-13(9-16(23)22-18)11-6-12(7-11)20-17(24)15-8-10-4-2-1-3-5-14(10)25-15/h8-9,11-12H,1-7H2,(H,20,24)(H3,19,21,22,23). The molecular weight excluding hydrogens is 336 g/mol. The molecule has 4 N–H and O–H groups in total. The molecule has 2 aromatic heterocycles. The topological polar surface area (TPSA) is 101 Å². The summed E-state index contributed by atoms with van der Waals surface area (Å²) in [6, 6.07) is 3.72. The van der Waals surface area contributed by atoms with Crippen LogP contribution >= 0.6 is 11.3 Å². The lowest BCUT2D eigenvalue weighted by atomic mass is 9.78. The van der Waals surface area contributed by atoms with Gasteiger partial charge in [-0.1, -0.05) is 6.42 Å². The van der Waals surface area contributed by atoms with E-state index in [9.17, 15) is 9.59 Å². The molecule has 132 valence electrons. The van der Waals surface area contributed by atoms with Crippen LogP contribution in [0.2, 0.25) is 0 Å². The summed E-state index contributed by atoms with van der Waals surface area (Å²) >= 11 is 1.65. The molecule has 7 heteroatoms. The van der Waals surface area contributed by atoms with Crippen molar-refractivity contribution in [3.63, 3.8) is 0 Å². The molecule has 0 bridgehead atoms. The van der Waals surface area contributed by atoms with Gasteiger partial charge in [-0.3, -0.25) is 14.6 Å². The molecule has 6 nitrogen and oxygen atoms in total. The SMILES string of the molecule is Nc1nc(C2CC(NC(=O)c3cc4c(s3)CCCCC4)C2)cc(=O)[nH]1. The number of carbonyl (C=O) groups is 1. The second-order valence-corrected chi connectivity index (χ2v) is 8.15. The minimum Gasteiger partial charge on any atom is -0.369 e. The predicted molar refractivity (Wildman–Crippen MR) is 98.1 cm³/mol. The van der Waals surface area contributed by atoms with Gasteiger partial charge in [0.05, 0.1) is 10.6 Å². The number of amides is 1. The molecule has 1 amide bonds. The van der Waals surface area contributed by atoms with Gasteiger partial charge in [-0.25, -0.2) is 4.98 Å². The van der Waals surface area contributed by atoms with Crippen molar-refractivity contribution >= 4 is 23.2 Å². The number of anilines is 1. The Balaban J connectivity index is 1.36. The van der Waals surface area contributed by atoms with Crippen molar-refractivity contribution in [2.24, 2.45) is 0 Å². The van der Waals surface area contributed by atoms with Crippen molar-refractivity contribution in [3.05, 3.63) is 43.5 Å². The van der Waals surface area contributed by atoms with Crippen molar-refractivity contribution < 1.29 is 4.79 Å². The molecule has 0 aliphatic heterocycles. The third-order valence-electron chi connectivity index (χ3n) is 5.14. The Morgan fingerprint density at radius 3 is 2.84 bits per heavy atom. The van der Waals surface area contributed by atoms with Crippen LogP contribution in [-0.4, -0.2) is 21.9 Å². The fourth-order valence-electron chi connectivity index (χ4n) is 3.72. The highest BCUT2D eigenvalue weighted by atomic mass is 32.1. The van der Waals surface area contributed by atoms with E-state index in [0.29, 0.717) is 0 Å². The molecule has 0 atom stereocenters. The highest BCUT2D eigenvalue weighted by Gasteiger charge is 2.33. The van der Waals surface area contributed by atoms with Gasteiger partial charge in [0.15, 0.2) is 0 Å². The molecule has 0 spiro atoms. The summed E-state index contributed by atoms with van der Waals surface area (Å²) in [4.78, 5) is 32.8. The summed E-state index contributed by atoms with van der Waals surface area (Å²) in [5.41, 5.74) is 7.45. The molecule has 2 aliphatic carbocycles. The Labute approximate surface area is 149 Å². The number of hydrogen-bond acceptors (Lipinski definition) is 5. The minimum atomic E-state index is -0.227. The molecule has 0 saturated heterocycles. The van der Waals surface area contributed by atoms with E-state index < -0.39 is 0 Å². The zero-order valence-electron chi connectivity index (χ0n) is 14.0. The fraction of sp³-hybridized carbons (Fsp3) is 0.500. The third-order valence-corrected chi connectivity index (χ3v) is 6.38. The lowest BCUT2D eigenvalue weighted by molar-refractivity contribution is 0.0912. The number of aryl methyl sites for hydroxylation is 2. The number of aromatic nitrogens is 2. The maximum Gasteiger partial charge on any atom is 0.261 e. The van der Waals surface area contributed by atoms with Crippen molar-refractivity contribution in [2.45, 2.75) is 56.9 Å². The van der Waals surface area contributed by atoms with Crippen molar-refractivity contribution in [1.29, 1.82) is 0 Å². The number of nitrogens with one attached hydrogen (secondary N) is 2. The summed E-state index contributed by atoms with van der Waals surface area (Å²) in [5, 5.41) is 3.11. The van der Waals surface area contributed by atoms with Crippen LogP contribution in [0.3, 0.4) is 0 Å². The molecule has 0 radical (unpaired) electrons. The maximum atomic E-state index is 12.5. The summed E-state index contributed by atoms with van der Waals surface area (Å²) < 4.78 is 0. The lowest BCUT2D eigenvalue weighted by Gasteiger charge is -2.35. The van der Waals surface area contributed by atoms with E-state index in [-0.39, 0.29) is 29.4 Å². The number of nitrogens with two attached hydrogens (primary N) is 1. The molecular formula is C18H22N4O2S. The number of rotatable bonds is 3. The third kappa shape index (κ3) is 3.46. The van der Waals surface area contributed by atoms with E-state index in [2.05, 4.69) is 21.4 Å². The Kier molecular flexibility index (Phi) is 4.33. The van der Waals surface area contributed by atoms with E-state index in [1.807, 2.05) is 0 Å². The van der Waals surface area contributed by atoms with Crippen LogP contribution in [-0.2, 0) is 12.8 Å². The fourth-order valence-corrected chi connectivity index (χ4v) is 4.87. The number of fused-ring (bicyclic) bond motifs is 1. The van der Waals surface area contributed by atoms with E-state index in [4.69, 9.17) is 5.73 Å². The molecule has 1 fully saturated rings. The van der Waals surface area contributed by atoms with E-state index in [1.54, 1.807) is 11.3 Å². The first-order valence-corrected chi connectivity index (χ1v) is 9.69. The Morgan fingerprint density at radius 2 is 2.04 bits per heavy atom. The lowest BCUT2D eigenvalue weighted by Crippen LogP contribution is -2.43. The number of thiophene rings is 1. The zero-order valence-corrected chi connectivity index (χ0v) is 14.8. The van der Waals surface area contributed by atoms with E-state index in [0.717, 1.165) is 36.3 Å². The maximum absolute atomic E-state index is 12.5. The Morgan fingerprint density at radius 1 is 1.24 bits per heavy atom. The first-order valence-electron chi connectivity index (χ1n) is 8.87. The number of hydrogen-bond donors (Lipinski definition) is 3. The number of H-pyrrole nitrogens is 1. The average Bonchev–Trinajstić information content (AvgIpc) is 2.80. The van der Waals surface area contributed by atoms with Gasteiger partial charge in [-0.2, -0.15) is 0 Å². The number of nitrogens with zero attached hydrogens (tertiary/aromatic N) is 1. The number of aromatic amines is 1. The minimum absolute atomic E-state index is 0.0277. The Hall–Kier alpha value is -2.15. The molecule has 4 rings (SSSR count). The van der Waals surface area contributed by atoms with Crippen LogP contribution in [0.15, 0.2) is 16.9 Å². The van der Waals surface area contributed by atoms with Crippen LogP contribution in [0.5, 0.6) is 0 Å². The van der Waals surface area contributed by atoms with E-state index >= 15 is 0 Å². The first kappa shape index (κ1) is 16.3. The predicted octanol–water partition coefficient (Wildman–Crippen LogP) is 2.36. The number of nitrogen functional groups attached to an aromatic ring is 1. The van der Waals surface area contributed by atoms with Crippen LogP contribution in [0.1, 0.15) is 63.8 Å². The smallest absolute Gasteiger partial charge is 0.261 e. The van der Waals surface area contributed by atoms with Crippen molar-refractivity contribution in [2.75, 3.05) is 5.73 Å². The normalized spacial score (nSPS) is 22.6. The number of carbonyl (C=O) groups excluding carboxylic acids is 1. The van der Waals surface area contributed by atoms with Gasteiger partial charge in [0, 0.05) is 22.9 Å². The quantitative estimate of drug-likeness (QED) is 0.733. The van der Waals surface area contributed by atoms with Gasteiger partial charge >= 0.3 is 0 Å². The summed E-state index contributed by atoms with van der Waals surface area (Å²) in [6.45, 7) is 0. The van der Waals surface area contributed by atoms with Gasteiger partial charge in [0.25, 0.3) is 11.5 Å². The first-order chi connectivity index (χ1) is 12.1. The largest absolute Gasteiger partial charge is 0.369 e. The zero-order chi connectivity index (χ0) is 17.4. The van der Waals surface area contributed by atoms with Gasteiger partial charge < -0.3 is 11.1 Å². The second kappa shape index (κ2) is 6.63.